The van der Waals surface area contributed by atoms with E-state index in [-0.39, 0.29) is 17.4 Å². The number of hydrogen-bond acceptors (Lipinski definition) is 3. The fourth-order valence-corrected chi connectivity index (χ4v) is 3.79. The van der Waals surface area contributed by atoms with Gasteiger partial charge in [0.2, 0.25) is 0 Å². The number of hydrogen-bond donors (Lipinski definition) is 2. The van der Waals surface area contributed by atoms with Crippen molar-refractivity contribution in [2.75, 3.05) is 17.0 Å². The van der Waals surface area contributed by atoms with Gasteiger partial charge >= 0.3 is 10.2 Å². The van der Waals surface area contributed by atoms with E-state index in [2.05, 4.69) is 4.72 Å². The van der Waals surface area contributed by atoms with E-state index in [1.807, 2.05) is 6.92 Å². The number of nitrogen functional groups attached to an aromatic ring is 1. The third-order valence-corrected chi connectivity index (χ3v) is 4.87. The summed E-state index contributed by atoms with van der Waals surface area (Å²) in [6.45, 7) is 2.36. The summed E-state index contributed by atoms with van der Waals surface area (Å²) in [5.74, 6) is -0.565. The number of benzene rings is 1. The van der Waals surface area contributed by atoms with Crippen LogP contribution in [0.5, 0.6) is 0 Å². The van der Waals surface area contributed by atoms with Gasteiger partial charge in [0.05, 0.1) is 5.69 Å². The molecule has 1 heterocycles. The van der Waals surface area contributed by atoms with Gasteiger partial charge in [-0.3, -0.25) is 4.72 Å². The Morgan fingerprint density at radius 1 is 1.37 bits per heavy atom. The van der Waals surface area contributed by atoms with E-state index in [0.717, 1.165) is 31.4 Å². The van der Waals surface area contributed by atoms with E-state index in [9.17, 15) is 12.8 Å². The van der Waals surface area contributed by atoms with Crippen LogP contribution in [0.25, 0.3) is 0 Å². The number of piperidine rings is 1. The summed E-state index contributed by atoms with van der Waals surface area (Å²) in [4.78, 5) is 0. The van der Waals surface area contributed by atoms with Gasteiger partial charge in [-0.15, -0.1) is 0 Å². The lowest BCUT2D eigenvalue weighted by Crippen LogP contribution is -2.44. The molecule has 7 heteroatoms. The maximum Gasteiger partial charge on any atom is 0.301 e. The Morgan fingerprint density at radius 2 is 2.11 bits per heavy atom. The molecule has 1 aromatic carbocycles. The van der Waals surface area contributed by atoms with E-state index >= 15 is 0 Å². The molecule has 1 fully saturated rings. The first-order valence-electron chi connectivity index (χ1n) is 6.24. The van der Waals surface area contributed by atoms with Gasteiger partial charge in [-0.25, -0.2) is 4.39 Å². The van der Waals surface area contributed by atoms with Gasteiger partial charge in [0.1, 0.15) is 5.82 Å². The van der Waals surface area contributed by atoms with Crippen molar-refractivity contribution in [3.8, 4) is 0 Å². The minimum absolute atomic E-state index is 0.0443. The van der Waals surface area contributed by atoms with Crippen LogP contribution in [0, 0.1) is 5.82 Å². The van der Waals surface area contributed by atoms with Crippen LogP contribution >= 0.6 is 0 Å². The van der Waals surface area contributed by atoms with Crippen LogP contribution in [0.1, 0.15) is 26.2 Å². The summed E-state index contributed by atoms with van der Waals surface area (Å²) < 4.78 is 41.5. The molecule has 1 aliphatic heterocycles. The summed E-state index contributed by atoms with van der Waals surface area (Å²) in [6, 6.07) is 3.61. The minimum Gasteiger partial charge on any atom is -0.399 e. The summed E-state index contributed by atoms with van der Waals surface area (Å²) in [5, 5.41) is 0. The Labute approximate surface area is 112 Å². The van der Waals surface area contributed by atoms with Crippen molar-refractivity contribution < 1.29 is 12.8 Å². The fourth-order valence-electron chi connectivity index (χ4n) is 2.31. The normalized spacial score (nSPS) is 21.3. The molecule has 0 aromatic heterocycles. The average molecular weight is 287 g/mol. The Morgan fingerprint density at radius 3 is 2.74 bits per heavy atom. The van der Waals surface area contributed by atoms with E-state index in [1.54, 1.807) is 0 Å². The Kier molecular flexibility index (Phi) is 3.96. The molecule has 106 valence electrons. The van der Waals surface area contributed by atoms with E-state index in [1.165, 1.54) is 10.4 Å². The molecule has 1 aromatic rings. The van der Waals surface area contributed by atoms with Crippen LogP contribution in [0.3, 0.4) is 0 Å². The molecule has 1 unspecified atom stereocenters. The van der Waals surface area contributed by atoms with Crippen LogP contribution in [0.15, 0.2) is 18.2 Å². The molecule has 1 atom stereocenters. The Bertz CT molecular complexity index is 542. The van der Waals surface area contributed by atoms with Crippen molar-refractivity contribution in [1.82, 2.24) is 4.31 Å². The van der Waals surface area contributed by atoms with Gasteiger partial charge in [-0.2, -0.15) is 12.7 Å². The molecule has 3 N–H and O–H groups in total. The van der Waals surface area contributed by atoms with Crippen molar-refractivity contribution in [3.63, 3.8) is 0 Å². The highest BCUT2D eigenvalue weighted by Gasteiger charge is 2.29. The Balaban J connectivity index is 2.20. The first kappa shape index (κ1) is 14.1. The standard InChI is InChI=1S/C12H18FN3O2S/c1-9-4-2-3-5-16(9)19(17,18)15-12-7-10(13)6-11(14)8-12/h6-9,15H,2-5,14H2,1H3. The summed E-state index contributed by atoms with van der Waals surface area (Å²) in [5.41, 5.74) is 5.83. The molecule has 1 saturated heterocycles. The minimum atomic E-state index is -3.66. The molecule has 0 amide bonds. The lowest BCUT2D eigenvalue weighted by Gasteiger charge is -2.32. The number of nitrogens with zero attached hydrogens (tertiary/aromatic N) is 1. The Hall–Kier alpha value is -1.34. The third-order valence-electron chi connectivity index (χ3n) is 3.22. The quantitative estimate of drug-likeness (QED) is 0.834. The zero-order valence-corrected chi connectivity index (χ0v) is 11.6. The van der Waals surface area contributed by atoms with Gasteiger partial charge in [0, 0.05) is 18.3 Å². The maximum atomic E-state index is 13.2. The lowest BCUT2D eigenvalue weighted by atomic mass is 10.1. The monoisotopic (exact) mass is 287 g/mol. The summed E-state index contributed by atoms with van der Waals surface area (Å²) in [6.07, 6.45) is 2.71. The highest BCUT2D eigenvalue weighted by atomic mass is 32.2. The van der Waals surface area contributed by atoms with Gasteiger partial charge in [0.15, 0.2) is 0 Å². The van der Waals surface area contributed by atoms with E-state index in [4.69, 9.17) is 5.73 Å². The zero-order chi connectivity index (χ0) is 14.0. The van der Waals surface area contributed by atoms with Crippen LogP contribution in [0.2, 0.25) is 0 Å². The van der Waals surface area contributed by atoms with Crippen molar-refractivity contribution in [3.05, 3.63) is 24.0 Å². The van der Waals surface area contributed by atoms with Crippen LogP contribution in [-0.4, -0.2) is 25.3 Å². The molecule has 19 heavy (non-hydrogen) atoms. The number of rotatable bonds is 3. The molecule has 0 radical (unpaired) electrons. The number of halogens is 1. The van der Waals surface area contributed by atoms with Crippen LogP contribution < -0.4 is 10.5 Å². The zero-order valence-electron chi connectivity index (χ0n) is 10.8. The highest BCUT2D eigenvalue weighted by Crippen LogP contribution is 2.23. The topological polar surface area (TPSA) is 75.4 Å². The van der Waals surface area contributed by atoms with Gasteiger partial charge in [-0.1, -0.05) is 6.42 Å². The largest absolute Gasteiger partial charge is 0.399 e. The van der Waals surface area contributed by atoms with Gasteiger partial charge < -0.3 is 5.73 Å². The predicted octanol–water partition coefficient (Wildman–Crippen LogP) is 1.94. The van der Waals surface area contributed by atoms with Gasteiger partial charge in [-0.05, 0) is 38.0 Å². The molecule has 0 bridgehead atoms. The SMILES string of the molecule is CC1CCCCN1S(=O)(=O)Nc1cc(N)cc(F)c1. The van der Waals surface area contributed by atoms with E-state index < -0.39 is 16.0 Å². The highest BCUT2D eigenvalue weighted by molar-refractivity contribution is 7.90. The van der Waals surface area contributed by atoms with Crippen molar-refractivity contribution >= 4 is 21.6 Å². The smallest absolute Gasteiger partial charge is 0.301 e. The van der Waals surface area contributed by atoms with Crippen molar-refractivity contribution in [2.24, 2.45) is 0 Å². The van der Waals surface area contributed by atoms with Crippen LogP contribution in [-0.2, 0) is 10.2 Å². The third kappa shape index (κ3) is 3.36. The fraction of sp³-hybridized carbons (Fsp3) is 0.500. The number of anilines is 2. The summed E-state index contributed by atoms with van der Waals surface area (Å²) >= 11 is 0. The predicted molar refractivity (Wildman–Crippen MR) is 73.4 cm³/mol. The second kappa shape index (κ2) is 5.34. The lowest BCUT2D eigenvalue weighted by molar-refractivity contribution is 0.270. The molecule has 5 nitrogen and oxygen atoms in total. The second-order valence-electron chi connectivity index (χ2n) is 4.84. The first-order valence-corrected chi connectivity index (χ1v) is 7.68. The van der Waals surface area contributed by atoms with Crippen molar-refractivity contribution in [1.29, 1.82) is 0 Å². The molecule has 0 aliphatic carbocycles. The molecule has 0 spiro atoms. The molecule has 2 rings (SSSR count). The average Bonchev–Trinajstić information content (AvgIpc) is 2.26. The number of nitrogens with one attached hydrogen (secondary N) is 1. The van der Waals surface area contributed by atoms with Crippen LogP contribution in [0.4, 0.5) is 15.8 Å². The second-order valence-corrected chi connectivity index (χ2v) is 6.46. The molecule has 1 aliphatic rings. The number of nitrogens with two attached hydrogens (primary N) is 1. The molecule has 0 saturated carbocycles. The van der Waals surface area contributed by atoms with Gasteiger partial charge in [0.25, 0.3) is 0 Å². The first-order chi connectivity index (χ1) is 8.88. The maximum absolute atomic E-state index is 13.2. The molecular weight excluding hydrogens is 269 g/mol. The van der Waals surface area contributed by atoms with Crippen molar-refractivity contribution in [2.45, 2.75) is 32.2 Å². The molecular formula is C12H18FN3O2S. The summed E-state index contributed by atoms with van der Waals surface area (Å²) in [7, 11) is -3.66. The van der Waals surface area contributed by atoms with E-state index in [0.29, 0.717) is 6.54 Å².